The number of likely N-dealkylation sites (N-methyl/N-ethyl adjacent to an activating group) is 1. The second kappa shape index (κ2) is 6.83. The van der Waals surface area contributed by atoms with Crippen LogP contribution in [0.1, 0.15) is 50.5 Å². The molecule has 1 aromatic rings. The molecule has 1 aromatic carbocycles. The Morgan fingerprint density at radius 2 is 2.08 bits per heavy atom. The molecular weight excluding hydrogens is 302 g/mol. The first kappa shape index (κ1) is 16.8. The van der Waals surface area contributed by atoms with Crippen molar-refractivity contribution in [3.63, 3.8) is 0 Å². The second-order valence-corrected chi connectivity index (χ2v) is 7.31. The Bertz CT molecular complexity index is 625. The molecule has 3 N–H and O–H groups in total. The number of benzene rings is 1. The number of rotatable bonds is 5. The Kier molecular flexibility index (Phi) is 4.78. The third-order valence-corrected chi connectivity index (χ3v) is 5.53. The van der Waals surface area contributed by atoms with Crippen molar-refractivity contribution in [2.45, 2.75) is 56.9 Å². The zero-order valence-corrected chi connectivity index (χ0v) is 14.3. The first-order chi connectivity index (χ1) is 11.5. The maximum Gasteiger partial charge on any atom is 0.255 e. The van der Waals surface area contributed by atoms with Gasteiger partial charge in [0, 0.05) is 13.5 Å². The highest BCUT2D eigenvalue weighted by molar-refractivity contribution is 6.07. The van der Waals surface area contributed by atoms with E-state index in [1.807, 2.05) is 6.07 Å². The van der Waals surface area contributed by atoms with Crippen molar-refractivity contribution in [3.8, 4) is 5.75 Å². The minimum absolute atomic E-state index is 0.0355. The number of nitrogens with one attached hydrogen (secondary N) is 2. The summed E-state index contributed by atoms with van der Waals surface area (Å²) in [5, 5.41) is 20.9. The van der Waals surface area contributed by atoms with Crippen molar-refractivity contribution in [2.24, 2.45) is 5.92 Å². The number of carbonyl (C=O) groups excluding carboxylic acids is 1. The van der Waals surface area contributed by atoms with E-state index in [4.69, 9.17) is 5.41 Å². The summed E-state index contributed by atoms with van der Waals surface area (Å²) < 4.78 is 0. The van der Waals surface area contributed by atoms with Crippen molar-refractivity contribution < 1.29 is 9.90 Å². The van der Waals surface area contributed by atoms with Gasteiger partial charge < -0.3 is 10.4 Å². The Hall–Kier alpha value is -2.04. The smallest absolute Gasteiger partial charge is 0.255 e. The van der Waals surface area contributed by atoms with E-state index in [2.05, 4.69) is 5.32 Å². The first-order valence-corrected chi connectivity index (χ1v) is 8.93. The van der Waals surface area contributed by atoms with Gasteiger partial charge in [-0.2, -0.15) is 0 Å². The molecule has 2 aliphatic rings. The largest absolute Gasteiger partial charge is 0.508 e. The van der Waals surface area contributed by atoms with Gasteiger partial charge in [0.25, 0.3) is 5.91 Å². The molecule has 1 atom stereocenters. The first-order valence-electron chi connectivity index (χ1n) is 8.93. The van der Waals surface area contributed by atoms with Gasteiger partial charge in [-0.25, -0.2) is 0 Å². The Morgan fingerprint density at radius 1 is 1.33 bits per heavy atom. The lowest BCUT2D eigenvalue weighted by Crippen LogP contribution is -2.49. The van der Waals surface area contributed by atoms with Crippen LogP contribution in [0, 0.1) is 11.3 Å². The molecule has 5 heteroatoms. The summed E-state index contributed by atoms with van der Waals surface area (Å²) in [4.78, 5) is 14.3. The van der Waals surface area contributed by atoms with Crippen LogP contribution in [0.15, 0.2) is 24.3 Å². The molecule has 1 heterocycles. The van der Waals surface area contributed by atoms with Gasteiger partial charge in [0.1, 0.15) is 11.3 Å². The summed E-state index contributed by atoms with van der Waals surface area (Å²) in [5.41, 5.74) is 0.166. The third-order valence-electron chi connectivity index (χ3n) is 5.53. The maximum atomic E-state index is 12.9. The molecule has 0 spiro atoms. The van der Waals surface area contributed by atoms with Crippen LogP contribution < -0.4 is 5.32 Å². The standard InChI is InChI=1S/C19H27N3O2/c1-22-17(24)19(21-18(22)20,11-10-14-6-3-2-4-7-14)13-15-8-5-9-16(23)12-15/h5,8-9,12,14,23H,2-4,6-7,10-11,13H2,1H3,(H2,20,21)/t19-/m1/s1. The highest BCUT2D eigenvalue weighted by Crippen LogP contribution is 2.33. The molecule has 0 radical (unpaired) electrons. The van der Waals surface area contributed by atoms with Crippen LogP contribution in [-0.2, 0) is 11.2 Å². The van der Waals surface area contributed by atoms with Gasteiger partial charge in [0.2, 0.25) is 0 Å². The Morgan fingerprint density at radius 3 is 2.71 bits per heavy atom. The molecule has 1 aliphatic heterocycles. The van der Waals surface area contributed by atoms with E-state index in [9.17, 15) is 9.90 Å². The number of phenolic OH excluding ortho intramolecular Hbond substituents is 1. The zero-order valence-electron chi connectivity index (χ0n) is 14.3. The van der Waals surface area contributed by atoms with Crippen molar-refractivity contribution in [3.05, 3.63) is 29.8 Å². The van der Waals surface area contributed by atoms with Crippen LogP contribution in [0.3, 0.4) is 0 Å². The normalized spacial score (nSPS) is 25.1. The molecule has 130 valence electrons. The predicted octanol–water partition coefficient (Wildman–Crippen LogP) is 3.03. The summed E-state index contributed by atoms with van der Waals surface area (Å²) in [6.45, 7) is 0. The van der Waals surface area contributed by atoms with Crippen LogP contribution in [0.5, 0.6) is 5.75 Å². The van der Waals surface area contributed by atoms with Crippen LogP contribution in [0.2, 0.25) is 0 Å². The zero-order chi connectivity index (χ0) is 17.2. The maximum absolute atomic E-state index is 12.9. The molecule has 1 aliphatic carbocycles. The number of hydrogen-bond donors (Lipinski definition) is 3. The number of phenols is 1. The molecule has 1 saturated carbocycles. The van der Waals surface area contributed by atoms with Crippen molar-refractivity contribution in [2.75, 3.05) is 7.05 Å². The number of hydrogen-bond acceptors (Lipinski definition) is 3. The summed E-state index contributed by atoms with van der Waals surface area (Å²) in [6, 6.07) is 7.07. The summed E-state index contributed by atoms with van der Waals surface area (Å²) in [7, 11) is 1.66. The Labute approximate surface area is 143 Å². The highest BCUT2D eigenvalue weighted by Gasteiger charge is 2.47. The lowest BCUT2D eigenvalue weighted by Gasteiger charge is -2.30. The van der Waals surface area contributed by atoms with Crippen LogP contribution in [-0.4, -0.2) is 34.5 Å². The fraction of sp³-hybridized carbons (Fsp3) is 0.579. The fourth-order valence-electron chi connectivity index (χ4n) is 4.11. The lowest BCUT2D eigenvalue weighted by molar-refractivity contribution is -0.130. The number of amides is 1. The monoisotopic (exact) mass is 329 g/mol. The highest BCUT2D eigenvalue weighted by atomic mass is 16.3. The fourth-order valence-corrected chi connectivity index (χ4v) is 4.11. The van der Waals surface area contributed by atoms with E-state index in [0.29, 0.717) is 12.3 Å². The van der Waals surface area contributed by atoms with Gasteiger partial charge in [-0.05, 0) is 36.5 Å². The van der Waals surface area contributed by atoms with Crippen LogP contribution in [0.25, 0.3) is 0 Å². The van der Waals surface area contributed by atoms with Gasteiger partial charge >= 0.3 is 0 Å². The summed E-state index contributed by atoms with van der Waals surface area (Å²) in [6.07, 6.45) is 8.67. The molecule has 1 saturated heterocycles. The molecule has 2 fully saturated rings. The molecule has 3 rings (SSSR count). The molecule has 0 bridgehead atoms. The van der Waals surface area contributed by atoms with E-state index in [1.54, 1.807) is 25.2 Å². The van der Waals surface area contributed by atoms with Gasteiger partial charge in [0.15, 0.2) is 5.96 Å². The number of aromatic hydroxyl groups is 1. The topological polar surface area (TPSA) is 76.4 Å². The van der Waals surface area contributed by atoms with E-state index in [1.165, 1.54) is 37.0 Å². The number of nitrogens with zero attached hydrogens (tertiary/aromatic N) is 1. The van der Waals surface area contributed by atoms with Crippen LogP contribution >= 0.6 is 0 Å². The number of guanidine groups is 1. The average molecular weight is 329 g/mol. The van der Waals surface area contributed by atoms with Crippen molar-refractivity contribution in [1.82, 2.24) is 10.2 Å². The lowest BCUT2D eigenvalue weighted by atomic mass is 9.79. The molecule has 1 amide bonds. The minimum Gasteiger partial charge on any atom is -0.508 e. The Balaban J connectivity index is 1.78. The summed E-state index contributed by atoms with van der Waals surface area (Å²) in [5.74, 6) is 1.04. The average Bonchev–Trinajstić information content (AvgIpc) is 2.78. The third kappa shape index (κ3) is 3.40. The van der Waals surface area contributed by atoms with Gasteiger partial charge in [-0.15, -0.1) is 0 Å². The van der Waals surface area contributed by atoms with E-state index in [-0.39, 0.29) is 17.6 Å². The predicted molar refractivity (Wildman–Crippen MR) is 94.0 cm³/mol. The molecule has 0 aromatic heterocycles. The quantitative estimate of drug-likeness (QED) is 0.777. The van der Waals surface area contributed by atoms with E-state index in [0.717, 1.165) is 18.4 Å². The van der Waals surface area contributed by atoms with Crippen molar-refractivity contribution in [1.29, 1.82) is 5.41 Å². The minimum atomic E-state index is -0.753. The second-order valence-electron chi connectivity index (χ2n) is 7.31. The number of carbonyl (C=O) groups is 1. The van der Waals surface area contributed by atoms with E-state index >= 15 is 0 Å². The van der Waals surface area contributed by atoms with Crippen LogP contribution in [0.4, 0.5) is 0 Å². The molecule has 5 nitrogen and oxygen atoms in total. The molecular formula is C19H27N3O2. The van der Waals surface area contributed by atoms with Gasteiger partial charge in [-0.1, -0.05) is 44.2 Å². The summed E-state index contributed by atoms with van der Waals surface area (Å²) >= 11 is 0. The van der Waals surface area contributed by atoms with E-state index < -0.39 is 5.54 Å². The van der Waals surface area contributed by atoms with Crippen molar-refractivity contribution >= 4 is 11.9 Å². The molecule has 0 unspecified atom stereocenters. The van der Waals surface area contributed by atoms with Gasteiger partial charge in [0.05, 0.1) is 0 Å². The SMILES string of the molecule is CN1C(=N)N[C@](CCC2CCCCC2)(Cc2cccc(O)c2)C1=O. The van der Waals surface area contributed by atoms with Gasteiger partial charge in [-0.3, -0.25) is 15.1 Å². The molecule has 24 heavy (non-hydrogen) atoms.